The van der Waals surface area contributed by atoms with Crippen LogP contribution in [0.15, 0.2) is 146 Å². The maximum Gasteiger partial charge on any atom is 0.178 e. The Hall–Kier alpha value is -6.46. The lowest BCUT2D eigenvalue weighted by Gasteiger charge is -2.41. The third-order valence-corrected chi connectivity index (χ3v) is 11.5. The molecule has 0 spiro atoms. The molecular weight excluding hydrogens is 681 g/mol. The molecule has 1 heterocycles. The molecule has 1 aliphatic heterocycles. The van der Waals surface area contributed by atoms with E-state index >= 15 is 0 Å². The maximum absolute atomic E-state index is 7.73. The van der Waals surface area contributed by atoms with Crippen molar-refractivity contribution in [1.29, 1.82) is 0 Å². The number of hydrogen-bond acceptors (Lipinski definition) is 5. The van der Waals surface area contributed by atoms with Gasteiger partial charge in [0, 0.05) is 27.5 Å². The Kier molecular flexibility index (Phi) is 8.20. The van der Waals surface area contributed by atoms with Gasteiger partial charge in [0.05, 0.1) is 28.4 Å². The van der Waals surface area contributed by atoms with E-state index in [1.54, 1.807) is 28.4 Å². The normalized spacial score (nSPS) is 14.5. The second-order valence-corrected chi connectivity index (χ2v) is 14.7. The third-order valence-electron chi connectivity index (χ3n) is 11.5. The first-order valence-electron chi connectivity index (χ1n) is 18.5. The Bertz CT molecular complexity index is 2550. The van der Waals surface area contributed by atoms with Crippen LogP contribution in [0.2, 0.25) is 0 Å². The molecule has 0 saturated carbocycles. The van der Waals surface area contributed by atoms with Crippen LogP contribution in [0.25, 0.3) is 38.6 Å². The van der Waals surface area contributed by atoms with Crippen LogP contribution < -0.4 is 23.7 Å². The SMILES string of the molecule is COc1ccc(C2(c3ccc(OC)cc3)C=C(c3ccc(-c4ccccc4)cc3)c3c4c(c5cc(OC)c(OC)cc5c3O2)-c2ccccc2C4(C)C)cc1. The highest BCUT2D eigenvalue weighted by atomic mass is 16.5. The second-order valence-electron chi connectivity index (χ2n) is 14.7. The van der Waals surface area contributed by atoms with Gasteiger partial charge in [-0.05, 0) is 92.4 Å². The molecule has 5 heteroatoms. The highest BCUT2D eigenvalue weighted by Crippen LogP contribution is 2.61. The lowest BCUT2D eigenvalue weighted by molar-refractivity contribution is 0.162. The number of benzene rings is 7. The van der Waals surface area contributed by atoms with E-state index in [4.69, 9.17) is 23.7 Å². The molecule has 0 bridgehead atoms. The Morgan fingerprint density at radius 2 is 1.02 bits per heavy atom. The lowest BCUT2D eigenvalue weighted by Crippen LogP contribution is -2.36. The third kappa shape index (κ3) is 5.29. The number of ether oxygens (including phenoxy) is 5. The van der Waals surface area contributed by atoms with Crippen LogP contribution in [0.1, 0.15) is 47.2 Å². The summed E-state index contributed by atoms with van der Waals surface area (Å²) < 4.78 is 30.9. The zero-order valence-corrected chi connectivity index (χ0v) is 31.9. The van der Waals surface area contributed by atoms with Gasteiger partial charge in [0.1, 0.15) is 17.2 Å². The van der Waals surface area contributed by atoms with E-state index in [2.05, 4.69) is 135 Å². The van der Waals surface area contributed by atoms with Gasteiger partial charge in [0.25, 0.3) is 0 Å². The van der Waals surface area contributed by atoms with Crippen molar-refractivity contribution in [3.8, 4) is 51.0 Å². The van der Waals surface area contributed by atoms with Gasteiger partial charge >= 0.3 is 0 Å². The highest BCUT2D eigenvalue weighted by molar-refractivity contribution is 6.11. The van der Waals surface area contributed by atoms with Crippen LogP contribution in [0.4, 0.5) is 0 Å². The standard InChI is InChI=1S/C50H42O5/c1-49(2)42-15-11-10-14-38(42)45-39-28-43(53-5)44(54-6)29-40(39)48-46(47(45)49)41(33-18-16-32(17-19-33)31-12-8-7-9-13-31)30-50(55-48,34-20-24-36(51-3)25-21-34)35-22-26-37(52-4)27-23-35/h7-30H,1-6H3. The van der Waals surface area contributed by atoms with Crippen molar-refractivity contribution in [1.82, 2.24) is 0 Å². The molecule has 0 radical (unpaired) electrons. The number of hydrogen-bond donors (Lipinski definition) is 0. The summed E-state index contributed by atoms with van der Waals surface area (Å²) in [5, 5.41) is 1.99. The van der Waals surface area contributed by atoms with Gasteiger partial charge in [-0.25, -0.2) is 0 Å². The first-order chi connectivity index (χ1) is 26.8. The average Bonchev–Trinajstić information content (AvgIpc) is 3.49. The molecule has 7 aromatic rings. The lowest BCUT2D eigenvalue weighted by atomic mass is 9.73. The summed E-state index contributed by atoms with van der Waals surface area (Å²) in [6.45, 7) is 4.66. The van der Waals surface area contributed by atoms with Crippen molar-refractivity contribution in [2.45, 2.75) is 24.9 Å². The molecule has 0 amide bonds. The van der Waals surface area contributed by atoms with Gasteiger partial charge in [-0.15, -0.1) is 0 Å². The van der Waals surface area contributed by atoms with Gasteiger partial charge in [0.2, 0.25) is 0 Å². The molecule has 2 aliphatic rings. The summed E-state index contributed by atoms with van der Waals surface area (Å²) in [7, 11) is 6.75. The smallest absolute Gasteiger partial charge is 0.178 e. The zero-order chi connectivity index (χ0) is 37.9. The minimum atomic E-state index is -1.05. The largest absolute Gasteiger partial charge is 0.497 e. The van der Waals surface area contributed by atoms with Crippen molar-refractivity contribution in [3.05, 3.63) is 179 Å². The summed E-state index contributed by atoms with van der Waals surface area (Å²) in [4.78, 5) is 0. The van der Waals surface area contributed by atoms with Crippen LogP contribution in [0.5, 0.6) is 28.7 Å². The van der Waals surface area contributed by atoms with Crippen LogP contribution in [0, 0.1) is 0 Å². The fourth-order valence-electron chi connectivity index (χ4n) is 8.72. The summed E-state index contributed by atoms with van der Waals surface area (Å²) in [5.74, 6) is 3.62. The van der Waals surface area contributed by atoms with Crippen molar-refractivity contribution in [2.75, 3.05) is 28.4 Å². The van der Waals surface area contributed by atoms with Gasteiger partial charge in [-0.2, -0.15) is 0 Å². The topological polar surface area (TPSA) is 46.2 Å². The Morgan fingerprint density at radius 1 is 0.491 bits per heavy atom. The predicted octanol–water partition coefficient (Wildman–Crippen LogP) is 11.6. The molecule has 1 aliphatic carbocycles. The summed E-state index contributed by atoms with van der Waals surface area (Å²) in [5.41, 5.74) is 11.0. The predicted molar refractivity (Wildman–Crippen MR) is 221 cm³/mol. The Morgan fingerprint density at radius 3 is 1.60 bits per heavy atom. The van der Waals surface area contributed by atoms with Gasteiger partial charge in [-0.1, -0.05) is 117 Å². The fraction of sp³-hybridized carbons (Fsp3) is 0.160. The monoisotopic (exact) mass is 722 g/mol. The molecule has 272 valence electrons. The molecule has 0 saturated heterocycles. The minimum absolute atomic E-state index is 0.357. The molecule has 0 unspecified atom stereocenters. The van der Waals surface area contributed by atoms with E-state index < -0.39 is 5.60 Å². The fourth-order valence-corrected chi connectivity index (χ4v) is 8.72. The molecule has 0 fully saturated rings. The molecule has 9 rings (SSSR count). The van der Waals surface area contributed by atoms with Crippen LogP contribution in [-0.2, 0) is 11.0 Å². The number of methoxy groups -OCH3 is 4. The van der Waals surface area contributed by atoms with Crippen molar-refractivity contribution in [3.63, 3.8) is 0 Å². The minimum Gasteiger partial charge on any atom is -0.497 e. The quantitative estimate of drug-likeness (QED) is 0.156. The van der Waals surface area contributed by atoms with E-state index in [9.17, 15) is 0 Å². The molecule has 7 aromatic carbocycles. The molecule has 55 heavy (non-hydrogen) atoms. The molecular formula is C50H42O5. The summed E-state index contributed by atoms with van der Waals surface area (Å²) >= 11 is 0. The first kappa shape index (κ1) is 34.3. The Balaban J connectivity index is 1.43. The maximum atomic E-state index is 7.73. The van der Waals surface area contributed by atoms with Crippen molar-refractivity contribution >= 4 is 16.3 Å². The van der Waals surface area contributed by atoms with Crippen LogP contribution in [0.3, 0.4) is 0 Å². The van der Waals surface area contributed by atoms with Gasteiger partial charge in [0.15, 0.2) is 17.1 Å². The van der Waals surface area contributed by atoms with E-state index in [0.29, 0.717) is 11.5 Å². The van der Waals surface area contributed by atoms with Gasteiger partial charge in [-0.3, -0.25) is 0 Å². The van der Waals surface area contributed by atoms with E-state index in [1.165, 1.54) is 27.8 Å². The number of rotatable bonds is 8. The molecule has 0 aromatic heterocycles. The van der Waals surface area contributed by atoms with E-state index in [0.717, 1.165) is 61.4 Å². The summed E-state index contributed by atoms with van der Waals surface area (Å²) in [6, 6.07) is 48.8. The van der Waals surface area contributed by atoms with Gasteiger partial charge < -0.3 is 23.7 Å². The molecule has 0 N–H and O–H groups in total. The van der Waals surface area contributed by atoms with Crippen molar-refractivity contribution < 1.29 is 23.7 Å². The molecule has 5 nitrogen and oxygen atoms in total. The van der Waals surface area contributed by atoms with Crippen LogP contribution >= 0.6 is 0 Å². The second kappa shape index (κ2) is 13.1. The number of fused-ring (bicyclic) bond motifs is 8. The van der Waals surface area contributed by atoms with E-state index in [1.807, 2.05) is 24.3 Å². The summed E-state index contributed by atoms with van der Waals surface area (Å²) in [6.07, 6.45) is 2.32. The Labute approximate surface area is 322 Å². The van der Waals surface area contributed by atoms with E-state index in [-0.39, 0.29) is 5.41 Å². The zero-order valence-electron chi connectivity index (χ0n) is 31.9. The van der Waals surface area contributed by atoms with Crippen LogP contribution in [-0.4, -0.2) is 28.4 Å². The molecule has 0 atom stereocenters. The highest BCUT2D eigenvalue weighted by Gasteiger charge is 2.47. The van der Waals surface area contributed by atoms with Crippen molar-refractivity contribution in [2.24, 2.45) is 0 Å². The average molecular weight is 723 g/mol. The first-order valence-corrected chi connectivity index (χ1v) is 18.5.